The van der Waals surface area contributed by atoms with Gasteiger partial charge in [-0.05, 0) is 42.0 Å². The maximum absolute atomic E-state index is 6.17. The molecule has 144 valence electrons. The van der Waals surface area contributed by atoms with Crippen LogP contribution in [0.15, 0.2) is 65.8 Å². The summed E-state index contributed by atoms with van der Waals surface area (Å²) in [4.78, 5) is 0. The Morgan fingerprint density at radius 1 is 0.893 bits per heavy atom. The molecule has 0 aliphatic rings. The van der Waals surface area contributed by atoms with Crippen molar-refractivity contribution >= 4 is 46.7 Å². The van der Waals surface area contributed by atoms with E-state index in [2.05, 4.69) is 10.5 Å². The SMILES string of the molecule is COc1ccc(C=NNc2ccccc2)cc1COc1cc(Cl)c(Cl)cc1Cl. The standard InChI is InChI=1S/C21H17Cl3N2O2/c1-27-20-8-7-14(12-25-26-16-5-3-2-4-6-16)9-15(20)13-28-21-11-18(23)17(22)10-19(21)24/h2-12,26H,13H2,1H3. The third-order valence-corrected chi connectivity index (χ3v) is 4.86. The molecule has 4 nitrogen and oxygen atoms in total. The van der Waals surface area contributed by atoms with E-state index in [-0.39, 0.29) is 6.61 Å². The quantitative estimate of drug-likeness (QED) is 0.256. The van der Waals surface area contributed by atoms with Gasteiger partial charge in [-0.1, -0.05) is 53.0 Å². The second kappa shape index (κ2) is 9.69. The molecule has 28 heavy (non-hydrogen) atoms. The zero-order valence-electron chi connectivity index (χ0n) is 15.0. The second-order valence-electron chi connectivity index (χ2n) is 5.79. The molecule has 0 aromatic heterocycles. The third-order valence-electron chi connectivity index (χ3n) is 3.84. The number of nitrogens with zero attached hydrogens (tertiary/aromatic N) is 1. The molecule has 0 aliphatic heterocycles. The highest BCUT2D eigenvalue weighted by molar-refractivity contribution is 6.43. The van der Waals surface area contributed by atoms with E-state index in [4.69, 9.17) is 44.3 Å². The van der Waals surface area contributed by atoms with Crippen molar-refractivity contribution in [1.29, 1.82) is 0 Å². The van der Waals surface area contributed by atoms with E-state index in [1.807, 2.05) is 48.5 Å². The Labute approximate surface area is 178 Å². The van der Waals surface area contributed by atoms with Gasteiger partial charge in [-0.15, -0.1) is 0 Å². The Morgan fingerprint density at radius 3 is 2.39 bits per heavy atom. The monoisotopic (exact) mass is 434 g/mol. The molecule has 7 heteroatoms. The normalized spacial score (nSPS) is 10.9. The van der Waals surface area contributed by atoms with Gasteiger partial charge < -0.3 is 9.47 Å². The van der Waals surface area contributed by atoms with Gasteiger partial charge in [-0.25, -0.2) is 0 Å². The van der Waals surface area contributed by atoms with Crippen molar-refractivity contribution in [3.05, 3.63) is 86.9 Å². The zero-order chi connectivity index (χ0) is 19.9. The molecular formula is C21H17Cl3N2O2. The summed E-state index contributed by atoms with van der Waals surface area (Å²) in [6.07, 6.45) is 1.72. The van der Waals surface area contributed by atoms with Crippen LogP contribution in [-0.4, -0.2) is 13.3 Å². The molecule has 0 bridgehead atoms. The van der Waals surface area contributed by atoms with Gasteiger partial charge >= 0.3 is 0 Å². The molecule has 1 N–H and O–H groups in total. The maximum Gasteiger partial charge on any atom is 0.139 e. The first kappa shape index (κ1) is 20.3. The predicted octanol–water partition coefficient (Wildman–Crippen LogP) is 6.68. The average molecular weight is 436 g/mol. The van der Waals surface area contributed by atoms with E-state index >= 15 is 0 Å². The van der Waals surface area contributed by atoms with Crippen LogP contribution in [0.3, 0.4) is 0 Å². The van der Waals surface area contributed by atoms with Crippen LogP contribution < -0.4 is 14.9 Å². The molecule has 0 radical (unpaired) electrons. The fourth-order valence-corrected chi connectivity index (χ4v) is 3.05. The van der Waals surface area contributed by atoms with E-state index in [1.54, 1.807) is 25.5 Å². The fraction of sp³-hybridized carbons (Fsp3) is 0.0952. The number of para-hydroxylation sites is 1. The van der Waals surface area contributed by atoms with Crippen LogP contribution in [0.2, 0.25) is 15.1 Å². The van der Waals surface area contributed by atoms with E-state index in [1.165, 1.54) is 0 Å². The molecule has 0 spiro atoms. The Morgan fingerprint density at radius 2 is 1.64 bits per heavy atom. The van der Waals surface area contributed by atoms with Crippen LogP contribution >= 0.6 is 34.8 Å². The number of benzene rings is 3. The van der Waals surface area contributed by atoms with E-state index in [0.29, 0.717) is 26.6 Å². The molecule has 0 aliphatic carbocycles. The molecule has 0 fully saturated rings. The number of nitrogens with one attached hydrogen (secondary N) is 1. The molecule has 0 heterocycles. The molecule has 0 saturated carbocycles. The first-order chi connectivity index (χ1) is 13.6. The van der Waals surface area contributed by atoms with Crippen LogP contribution in [0.25, 0.3) is 0 Å². The highest BCUT2D eigenvalue weighted by Gasteiger charge is 2.10. The number of hydrazone groups is 1. The van der Waals surface area contributed by atoms with E-state index in [9.17, 15) is 0 Å². The topological polar surface area (TPSA) is 42.8 Å². The van der Waals surface area contributed by atoms with Crippen LogP contribution in [0.5, 0.6) is 11.5 Å². The van der Waals surface area contributed by atoms with Gasteiger partial charge in [0.2, 0.25) is 0 Å². The predicted molar refractivity (Wildman–Crippen MR) is 116 cm³/mol. The fourth-order valence-electron chi connectivity index (χ4n) is 2.46. The minimum Gasteiger partial charge on any atom is -0.496 e. The lowest BCUT2D eigenvalue weighted by molar-refractivity contribution is 0.297. The first-order valence-electron chi connectivity index (χ1n) is 8.35. The number of halogens is 3. The summed E-state index contributed by atoms with van der Waals surface area (Å²) in [7, 11) is 1.61. The minimum atomic E-state index is 0.245. The van der Waals surface area contributed by atoms with Crippen molar-refractivity contribution in [3.63, 3.8) is 0 Å². The minimum absolute atomic E-state index is 0.245. The molecule has 3 aromatic rings. The van der Waals surface area contributed by atoms with E-state index < -0.39 is 0 Å². The van der Waals surface area contributed by atoms with Crippen LogP contribution in [0.1, 0.15) is 11.1 Å². The highest BCUT2D eigenvalue weighted by atomic mass is 35.5. The maximum atomic E-state index is 6.17. The van der Waals surface area contributed by atoms with Gasteiger partial charge in [0.1, 0.15) is 18.1 Å². The molecular weight excluding hydrogens is 419 g/mol. The molecule has 3 aromatic carbocycles. The number of hydrogen-bond acceptors (Lipinski definition) is 4. The third kappa shape index (κ3) is 5.32. The van der Waals surface area contributed by atoms with Gasteiger partial charge in [0.15, 0.2) is 0 Å². The molecule has 0 unspecified atom stereocenters. The lowest BCUT2D eigenvalue weighted by Gasteiger charge is -2.13. The summed E-state index contributed by atoms with van der Waals surface area (Å²) in [6.45, 7) is 0.245. The molecule has 0 amide bonds. The number of methoxy groups -OCH3 is 1. The van der Waals surface area contributed by atoms with Crippen molar-refractivity contribution in [2.24, 2.45) is 5.10 Å². The summed E-state index contributed by atoms with van der Waals surface area (Å²) < 4.78 is 11.2. The second-order valence-corrected chi connectivity index (χ2v) is 7.01. The van der Waals surface area contributed by atoms with Gasteiger partial charge in [0.05, 0.1) is 34.1 Å². The van der Waals surface area contributed by atoms with Crippen molar-refractivity contribution in [1.82, 2.24) is 0 Å². The lowest BCUT2D eigenvalue weighted by Crippen LogP contribution is -2.01. The number of ether oxygens (including phenoxy) is 2. The van der Waals surface area contributed by atoms with Gasteiger partial charge in [-0.2, -0.15) is 5.10 Å². The molecule has 0 saturated heterocycles. The summed E-state index contributed by atoms with van der Waals surface area (Å²) in [5.41, 5.74) is 5.62. The zero-order valence-corrected chi connectivity index (χ0v) is 17.2. The Hall–Kier alpha value is -2.40. The van der Waals surface area contributed by atoms with Gasteiger partial charge in [0.25, 0.3) is 0 Å². The van der Waals surface area contributed by atoms with Crippen molar-refractivity contribution in [3.8, 4) is 11.5 Å². The van der Waals surface area contributed by atoms with Crippen molar-refractivity contribution in [2.75, 3.05) is 12.5 Å². The number of hydrogen-bond donors (Lipinski definition) is 1. The number of anilines is 1. The molecule has 3 rings (SSSR count). The van der Waals surface area contributed by atoms with Gasteiger partial charge in [-0.3, -0.25) is 5.43 Å². The largest absolute Gasteiger partial charge is 0.496 e. The highest BCUT2D eigenvalue weighted by Crippen LogP contribution is 2.34. The van der Waals surface area contributed by atoms with E-state index in [0.717, 1.165) is 16.8 Å². The van der Waals surface area contributed by atoms with Crippen LogP contribution in [-0.2, 0) is 6.61 Å². The van der Waals surface area contributed by atoms with Crippen molar-refractivity contribution < 1.29 is 9.47 Å². The Kier molecular flexibility index (Phi) is 7.04. The summed E-state index contributed by atoms with van der Waals surface area (Å²) in [6, 6.07) is 18.5. The summed E-state index contributed by atoms with van der Waals surface area (Å²) in [5.74, 6) is 1.15. The Balaban J connectivity index is 1.73. The van der Waals surface area contributed by atoms with Crippen molar-refractivity contribution in [2.45, 2.75) is 6.61 Å². The van der Waals surface area contributed by atoms with Gasteiger partial charge in [0, 0.05) is 11.6 Å². The lowest BCUT2D eigenvalue weighted by atomic mass is 10.1. The van der Waals surface area contributed by atoms with Crippen LogP contribution in [0, 0.1) is 0 Å². The average Bonchev–Trinajstić information content (AvgIpc) is 2.70. The molecule has 0 atom stereocenters. The summed E-state index contributed by atoms with van der Waals surface area (Å²) in [5, 5.41) is 5.39. The van der Waals surface area contributed by atoms with Crippen LogP contribution in [0.4, 0.5) is 5.69 Å². The Bertz CT molecular complexity index is 979. The number of rotatable bonds is 7. The first-order valence-corrected chi connectivity index (χ1v) is 9.48. The summed E-state index contributed by atoms with van der Waals surface area (Å²) >= 11 is 18.2. The smallest absolute Gasteiger partial charge is 0.139 e.